The van der Waals surface area contributed by atoms with Crippen LogP contribution in [0.1, 0.15) is 20.8 Å². The average molecular weight is 112 g/mol. The van der Waals surface area contributed by atoms with Crippen molar-refractivity contribution in [3.05, 3.63) is 0 Å². The van der Waals surface area contributed by atoms with E-state index in [1.807, 2.05) is 0 Å². The Balaban J connectivity index is -0.0000000450. The number of halogens is 1. The van der Waals surface area contributed by atoms with E-state index in [0.717, 1.165) is 5.92 Å². The maximum Gasteiger partial charge on any atom is -0.0500 e. The molecule has 6 heavy (non-hydrogen) atoms. The average Bonchev–Trinajstić information content (AvgIpc) is 0.811. The predicted molar refractivity (Wildman–Crippen MR) is 32.8 cm³/mol. The van der Waals surface area contributed by atoms with Gasteiger partial charge in [-0.15, -0.1) is 12.4 Å². The van der Waals surface area contributed by atoms with Gasteiger partial charge in [-0.05, 0) is 5.92 Å². The smallest absolute Gasteiger partial charge is 0.0500 e. The number of hydrogen-bond donors (Lipinski definition) is 1. The minimum Gasteiger partial charge on any atom is -0.344 e. The van der Waals surface area contributed by atoms with Crippen molar-refractivity contribution in [3.8, 4) is 0 Å². The van der Waals surface area contributed by atoms with Crippen molar-refractivity contribution in [2.75, 3.05) is 0 Å². The second-order valence-corrected chi connectivity index (χ2v) is 1.73. The summed E-state index contributed by atoms with van der Waals surface area (Å²) in [5.41, 5.74) is 0. The lowest BCUT2D eigenvalue weighted by Crippen LogP contribution is -1.66. The SMILES string of the molecule is CC(C)C.Cl.N. The highest BCUT2D eigenvalue weighted by molar-refractivity contribution is 5.85. The molecule has 0 unspecified atom stereocenters. The molecule has 0 aliphatic rings. The minimum absolute atomic E-state index is 0. The van der Waals surface area contributed by atoms with E-state index in [-0.39, 0.29) is 18.6 Å². The fraction of sp³-hybridized carbons (Fsp3) is 1.00. The Kier molecular flexibility index (Phi) is 24.4. The second-order valence-electron chi connectivity index (χ2n) is 1.73. The minimum atomic E-state index is 0. The number of rotatable bonds is 0. The third-order valence-corrected chi connectivity index (χ3v) is 0. The molecule has 0 radical (unpaired) electrons. The molecule has 0 aromatic heterocycles. The molecule has 0 rings (SSSR count). The molecule has 0 aromatic carbocycles. The van der Waals surface area contributed by atoms with Gasteiger partial charge in [-0.3, -0.25) is 0 Å². The zero-order chi connectivity index (χ0) is 3.58. The first-order valence-corrected chi connectivity index (χ1v) is 1.73. The Bertz CT molecular complexity index is 12.3. The second kappa shape index (κ2) is 8.98. The van der Waals surface area contributed by atoms with Gasteiger partial charge >= 0.3 is 0 Å². The van der Waals surface area contributed by atoms with Crippen LogP contribution < -0.4 is 6.15 Å². The van der Waals surface area contributed by atoms with Crippen molar-refractivity contribution < 1.29 is 0 Å². The molecule has 0 saturated heterocycles. The van der Waals surface area contributed by atoms with E-state index in [1.54, 1.807) is 0 Å². The lowest BCUT2D eigenvalue weighted by Gasteiger charge is -1.79. The van der Waals surface area contributed by atoms with Gasteiger partial charge in [-0.1, -0.05) is 20.8 Å². The standard InChI is InChI=1S/C4H10.ClH.H3N/c1-4(2)3;;/h4H,1-3H3;1H;1H3. The molecule has 0 aliphatic carbocycles. The number of hydrogen-bond acceptors (Lipinski definition) is 1. The molecule has 0 fully saturated rings. The molecule has 0 atom stereocenters. The fourth-order valence-electron chi connectivity index (χ4n) is 0. The largest absolute Gasteiger partial charge is 0.344 e. The van der Waals surface area contributed by atoms with Gasteiger partial charge in [0.1, 0.15) is 0 Å². The van der Waals surface area contributed by atoms with E-state index >= 15 is 0 Å². The highest BCUT2D eigenvalue weighted by Crippen LogP contribution is 1.81. The summed E-state index contributed by atoms with van der Waals surface area (Å²) in [7, 11) is 0. The molecule has 0 amide bonds. The summed E-state index contributed by atoms with van der Waals surface area (Å²) in [4.78, 5) is 0. The van der Waals surface area contributed by atoms with Gasteiger partial charge < -0.3 is 6.15 Å². The van der Waals surface area contributed by atoms with Crippen LogP contribution in [-0.4, -0.2) is 0 Å². The van der Waals surface area contributed by atoms with Gasteiger partial charge in [0.25, 0.3) is 0 Å². The Morgan fingerprint density at radius 1 is 1.00 bits per heavy atom. The van der Waals surface area contributed by atoms with Gasteiger partial charge in [-0.25, -0.2) is 0 Å². The summed E-state index contributed by atoms with van der Waals surface area (Å²) in [6.45, 7) is 6.50. The van der Waals surface area contributed by atoms with Crippen molar-refractivity contribution in [2.24, 2.45) is 5.92 Å². The first-order chi connectivity index (χ1) is 1.73. The molecule has 3 N–H and O–H groups in total. The Morgan fingerprint density at radius 3 is 1.00 bits per heavy atom. The fourth-order valence-corrected chi connectivity index (χ4v) is 0. The molecule has 0 aliphatic heterocycles. The molecule has 0 heterocycles. The van der Waals surface area contributed by atoms with Crippen molar-refractivity contribution in [1.29, 1.82) is 0 Å². The first kappa shape index (κ1) is 16.3. The van der Waals surface area contributed by atoms with Crippen LogP contribution in [0.15, 0.2) is 0 Å². The molecule has 0 aromatic rings. The van der Waals surface area contributed by atoms with Crippen LogP contribution in [0, 0.1) is 5.92 Å². The molecular weight excluding hydrogens is 97.5 g/mol. The summed E-state index contributed by atoms with van der Waals surface area (Å²) in [5.74, 6) is 0.833. The van der Waals surface area contributed by atoms with Gasteiger partial charge in [0.05, 0.1) is 0 Å². The lowest BCUT2D eigenvalue weighted by atomic mass is 10.3. The Hall–Kier alpha value is 0.250. The third-order valence-electron chi connectivity index (χ3n) is 0. The predicted octanol–water partition coefficient (Wildman–Crippen LogP) is 2.25. The summed E-state index contributed by atoms with van der Waals surface area (Å²) >= 11 is 0. The van der Waals surface area contributed by atoms with Crippen LogP contribution in [0.2, 0.25) is 0 Å². The van der Waals surface area contributed by atoms with E-state index < -0.39 is 0 Å². The molecule has 42 valence electrons. The Labute approximate surface area is 46.1 Å². The monoisotopic (exact) mass is 111 g/mol. The Morgan fingerprint density at radius 2 is 1.00 bits per heavy atom. The van der Waals surface area contributed by atoms with E-state index in [4.69, 9.17) is 0 Å². The van der Waals surface area contributed by atoms with Gasteiger partial charge in [0.15, 0.2) is 0 Å². The van der Waals surface area contributed by atoms with Crippen molar-refractivity contribution in [1.82, 2.24) is 6.15 Å². The summed E-state index contributed by atoms with van der Waals surface area (Å²) in [6.07, 6.45) is 0. The van der Waals surface area contributed by atoms with Crippen LogP contribution in [0.5, 0.6) is 0 Å². The van der Waals surface area contributed by atoms with E-state index in [9.17, 15) is 0 Å². The summed E-state index contributed by atoms with van der Waals surface area (Å²) in [6, 6.07) is 0. The van der Waals surface area contributed by atoms with Crippen molar-refractivity contribution in [3.63, 3.8) is 0 Å². The quantitative estimate of drug-likeness (QED) is 0.511. The zero-order valence-corrected chi connectivity index (χ0v) is 5.51. The molecule has 0 bridgehead atoms. The maximum atomic E-state index is 2.17. The summed E-state index contributed by atoms with van der Waals surface area (Å²) in [5, 5.41) is 0. The zero-order valence-electron chi connectivity index (χ0n) is 4.69. The maximum absolute atomic E-state index is 2.17. The van der Waals surface area contributed by atoms with Crippen LogP contribution >= 0.6 is 12.4 Å². The van der Waals surface area contributed by atoms with Crippen molar-refractivity contribution >= 4 is 12.4 Å². The molecule has 0 spiro atoms. The third kappa shape index (κ3) is 718. The molecule has 1 nitrogen and oxygen atoms in total. The topological polar surface area (TPSA) is 35.0 Å². The highest BCUT2D eigenvalue weighted by Gasteiger charge is 1.68. The van der Waals surface area contributed by atoms with Crippen LogP contribution in [0.25, 0.3) is 0 Å². The van der Waals surface area contributed by atoms with Crippen LogP contribution in [0.3, 0.4) is 0 Å². The first-order valence-electron chi connectivity index (χ1n) is 1.73. The van der Waals surface area contributed by atoms with Crippen LogP contribution in [0.4, 0.5) is 0 Å². The van der Waals surface area contributed by atoms with Gasteiger partial charge in [0.2, 0.25) is 0 Å². The lowest BCUT2D eigenvalue weighted by molar-refractivity contribution is 0.737. The summed E-state index contributed by atoms with van der Waals surface area (Å²) < 4.78 is 0. The molecule has 2 heteroatoms. The van der Waals surface area contributed by atoms with E-state index in [2.05, 4.69) is 20.8 Å². The van der Waals surface area contributed by atoms with E-state index in [1.165, 1.54) is 0 Å². The van der Waals surface area contributed by atoms with Gasteiger partial charge in [-0.2, -0.15) is 0 Å². The van der Waals surface area contributed by atoms with Gasteiger partial charge in [0, 0.05) is 0 Å². The normalized spacial score (nSPS) is 6.00. The molecular formula is C4H14ClN. The highest BCUT2D eigenvalue weighted by atomic mass is 35.5. The molecule has 0 saturated carbocycles. The van der Waals surface area contributed by atoms with Crippen LogP contribution in [-0.2, 0) is 0 Å². The van der Waals surface area contributed by atoms with E-state index in [0.29, 0.717) is 0 Å². The van der Waals surface area contributed by atoms with Crippen molar-refractivity contribution in [2.45, 2.75) is 20.8 Å².